The van der Waals surface area contributed by atoms with Crippen molar-refractivity contribution < 1.29 is 18.0 Å². The van der Waals surface area contributed by atoms with Crippen LogP contribution in [0.2, 0.25) is 5.02 Å². The molecule has 0 N–H and O–H groups in total. The molecule has 0 unspecified atom stereocenters. The quantitative estimate of drug-likeness (QED) is 0.556. The number of halogens is 5. The number of carbonyl (C=O) groups excluding carboxylic acids is 1. The maximum atomic E-state index is 13.3. The number of nitrogens with zero attached hydrogens (tertiary/aromatic N) is 3. The third kappa shape index (κ3) is 4.82. The molecule has 2 aromatic carbocycles. The SMILES string of the molecule is CN(C)C=C1N=C(c2ccccc2Cl)c2cc(Br)ccc2N(CC(F)(F)F)C1=O. The van der Waals surface area contributed by atoms with Gasteiger partial charge in [0.05, 0.1) is 11.4 Å². The van der Waals surface area contributed by atoms with Gasteiger partial charge < -0.3 is 4.90 Å². The Balaban J connectivity index is 2.34. The van der Waals surface area contributed by atoms with Crippen LogP contribution in [0, 0.1) is 0 Å². The maximum Gasteiger partial charge on any atom is 0.406 e. The molecule has 152 valence electrons. The van der Waals surface area contributed by atoms with Gasteiger partial charge in [0.25, 0.3) is 5.91 Å². The second-order valence-corrected chi connectivity index (χ2v) is 7.91. The molecular weight excluding hydrogens is 471 g/mol. The first-order valence-corrected chi connectivity index (χ1v) is 9.64. The molecule has 0 saturated heterocycles. The summed E-state index contributed by atoms with van der Waals surface area (Å²) in [6.45, 7) is -1.43. The fourth-order valence-electron chi connectivity index (χ4n) is 2.93. The number of fused-ring (bicyclic) bond motifs is 1. The Morgan fingerprint density at radius 3 is 2.48 bits per heavy atom. The zero-order valence-corrected chi connectivity index (χ0v) is 17.8. The highest BCUT2D eigenvalue weighted by Crippen LogP contribution is 2.35. The summed E-state index contributed by atoms with van der Waals surface area (Å²) in [5.41, 5.74) is 1.18. The zero-order chi connectivity index (χ0) is 21.3. The minimum Gasteiger partial charge on any atom is -0.382 e. The predicted octanol–water partition coefficient (Wildman–Crippen LogP) is 5.25. The predicted molar refractivity (Wildman–Crippen MR) is 111 cm³/mol. The van der Waals surface area contributed by atoms with Crippen molar-refractivity contribution in [2.75, 3.05) is 25.5 Å². The third-order valence-corrected chi connectivity index (χ3v) is 4.87. The molecule has 2 aromatic rings. The van der Waals surface area contributed by atoms with Crippen molar-refractivity contribution in [3.63, 3.8) is 0 Å². The van der Waals surface area contributed by atoms with E-state index in [9.17, 15) is 18.0 Å². The van der Waals surface area contributed by atoms with E-state index in [1.807, 2.05) is 0 Å². The molecule has 0 atom stereocenters. The summed E-state index contributed by atoms with van der Waals surface area (Å²) in [5, 5.41) is 0.373. The smallest absolute Gasteiger partial charge is 0.382 e. The topological polar surface area (TPSA) is 35.9 Å². The van der Waals surface area contributed by atoms with E-state index < -0.39 is 18.6 Å². The van der Waals surface area contributed by atoms with Crippen molar-refractivity contribution in [3.8, 4) is 0 Å². The van der Waals surface area contributed by atoms with Gasteiger partial charge in [0, 0.05) is 40.9 Å². The zero-order valence-electron chi connectivity index (χ0n) is 15.5. The lowest BCUT2D eigenvalue weighted by Crippen LogP contribution is -2.39. The molecule has 0 fully saturated rings. The highest BCUT2D eigenvalue weighted by Gasteiger charge is 2.38. The van der Waals surface area contributed by atoms with Crippen LogP contribution >= 0.6 is 27.5 Å². The lowest BCUT2D eigenvalue weighted by atomic mass is 10.00. The summed E-state index contributed by atoms with van der Waals surface area (Å²) in [6.07, 6.45) is -3.19. The van der Waals surface area contributed by atoms with E-state index in [0.717, 1.165) is 0 Å². The van der Waals surface area contributed by atoms with E-state index in [4.69, 9.17) is 11.6 Å². The van der Waals surface area contributed by atoms with Crippen LogP contribution in [0.25, 0.3) is 0 Å². The molecule has 0 aromatic heterocycles. The first-order chi connectivity index (χ1) is 13.6. The van der Waals surface area contributed by atoms with Gasteiger partial charge in [-0.1, -0.05) is 45.7 Å². The first kappa shape index (κ1) is 21.4. The summed E-state index contributed by atoms with van der Waals surface area (Å²) in [4.78, 5) is 19.8. The van der Waals surface area contributed by atoms with Crippen LogP contribution in [0.4, 0.5) is 18.9 Å². The van der Waals surface area contributed by atoms with Gasteiger partial charge in [-0.25, -0.2) is 4.99 Å². The maximum absolute atomic E-state index is 13.3. The molecule has 0 bridgehead atoms. The Morgan fingerprint density at radius 2 is 1.86 bits per heavy atom. The number of anilines is 1. The monoisotopic (exact) mass is 485 g/mol. The standard InChI is InChI=1S/C20H16BrClF3N3O/c1-27(2)10-16-19(29)28(11-20(23,24)25)17-8-7-12(21)9-14(17)18(26-16)13-5-3-4-6-15(13)22/h3-10H,11H2,1-2H3. The van der Waals surface area contributed by atoms with Gasteiger partial charge in [-0.3, -0.25) is 9.69 Å². The van der Waals surface area contributed by atoms with E-state index in [1.165, 1.54) is 12.3 Å². The van der Waals surface area contributed by atoms with E-state index in [1.54, 1.807) is 55.4 Å². The molecule has 4 nitrogen and oxygen atoms in total. The number of amides is 1. The van der Waals surface area contributed by atoms with Gasteiger partial charge in [0.15, 0.2) is 0 Å². The highest BCUT2D eigenvalue weighted by atomic mass is 79.9. The fraction of sp³-hybridized carbons (Fsp3) is 0.200. The van der Waals surface area contributed by atoms with Crippen LogP contribution in [0.5, 0.6) is 0 Å². The van der Waals surface area contributed by atoms with Crippen LogP contribution in [-0.4, -0.2) is 43.3 Å². The first-order valence-electron chi connectivity index (χ1n) is 8.47. The lowest BCUT2D eigenvalue weighted by molar-refractivity contribution is -0.130. The number of carbonyl (C=O) groups is 1. The van der Waals surface area contributed by atoms with Crippen LogP contribution < -0.4 is 4.90 Å². The van der Waals surface area contributed by atoms with Gasteiger partial charge in [0.2, 0.25) is 0 Å². The summed E-state index contributed by atoms with van der Waals surface area (Å²) in [7, 11) is 3.32. The van der Waals surface area contributed by atoms with Crippen molar-refractivity contribution in [1.82, 2.24) is 4.90 Å². The second kappa shape index (κ2) is 8.20. The largest absolute Gasteiger partial charge is 0.406 e. The number of hydrogen-bond donors (Lipinski definition) is 0. The Kier molecular flexibility index (Phi) is 6.05. The van der Waals surface area contributed by atoms with Crippen LogP contribution in [-0.2, 0) is 4.79 Å². The molecule has 9 heteroatoms. The Labute approximate surface area is 179 Å². The molecule has 3 rings (SSSR count). The van der Waals surface area contributed by atoms with Crippen molar-refractivity contribution in [2.45, 2.75) is 6.18 Å². The van der Waals surface area contributed by atoms with Gasteiger partial charge >= 0.3 is 6.18 Å². The molecule has 0 saturated carbocycles. The third-order valence-electron chi connectivity index (χ3n) is 4.05. The summed E-state index contributed by atoms with van der Waals surface area (Å²) in [5.74, 6) is -0.846. The van der Waals surface area contributed by atoms with Gasteiger partial charge in [-0.15, -0.1) is 0 Å². The number of hydrogen-bond acceptors (Lipinski definition) is 3. The summed E-state index contributed by atoms with van der Waals surface area (Å²) >= 11 is 9.70. The second-order valence-electron chi connectivity index (χ2n) is 6.59. The average Bonchev–Trinajstić information content (AvgIpc) is 2.71. The number of alkyl halides is 3. The van der Waals surface area contributed by atoms with Crippen molar-refractivity contribution in [2.24, 2.45) is 4.99 Å². The Hall–Kier alpha value is -2.32. The van der Waals surface area contributed by atoms with E-state index in [0.29, 0.717) is 31.2 Å². The van der Waals surface area contributed by atoms with Crippen molar-refractivity contribution in [1.29, 1.82) is 0 Å². The molecule has 0 spiro atoms. The minimum absolute atomic E-state index is 0.108. The molecular formula is C20H16BrClF3N3O. The fourth-order valence-corrected chi connectivity index (χ4v) is 3.52. The Bertz CT molecular complexity index is 1020. The van der Waals surface area contributed by atoms with Gasteiger partial charge in [-0.05, 0) is 24.3 Å². The van der Waals surface area contributed by atoms with Crippen molar-refractivity contribution >= 4 is 44.8 Å². The average molecular weight is 487 g/mol. The van der Waals surface area contributed by atoms with E-state index in [-0.39, 0.29) is 11.4 Å². The van der Waals surface area contributed by atoms with E-state index >= 15 is 0 Å². The van der Waals surface area contributed by atoms with Crippen LogP contribution in [0.1, 0.15) is 11.1 Å². The van der Waals surface area contributed by atoms with Gasteiger partial charge in [0.1, 0.15) is 12.2 Å². The highest BCUT2D eigenvalue weighted by molar-refractivity contribution is 9.10. The number of benzene rings is 2. The number of rotatable bonds is 3. The summed E-state index contributed by atoms with van der Waals surface area (Å²) in [6, 6.07) is 11.5. The summed E-state index contributed by atoms with van der Waals surface area (Å²) < 4.78 is 40.5. The van der Waals surface area contributed by atoms with Crippen LogP contribution in [0.15, 0.2) is 63.8 Å². The molecule has 29 heavy (non-hydrogen) atoms. The van der Waals surface area contributed by atoms with Crippen molar-refractivity contribution in [3.05, 3.63) is 75.0 Å². The Morgan fingerprint density at radius 1 is 1.17 bits per heavy atom. The molecule has 1 aliphatic rings. The van der Waals surface area contributed by atoms with Crippen LogP contribution in [0.3, 0.4) is 0 Å². The number of benzodiazepines with no additional fused rings is 1. The molecule has 0 radical (unpaired) electrons. The normalized spacial score (nSPS) is 15.8. The lowest BCUT2D eigenvalue weighted by Gasteiger charge is -2.25. The molecule has 1 heterocycles. The molecule has 0 aliphatic carbocycles. The minimum atomic E-state index is -4.59. The van der Waals surface area contributed by atoms with E-state index in [2.05, 4.69) is 20.9 Å². The van der Waals surface area contributed by atoms with Gasteiger partial charge in [-0.2, -0.15) is 13.2 Å². The number of aliphatic imine (C=N–C) groups is 1. The molecule has 1 amide bonds. The molecule has 1 aliphatic heterocycles.